The van der Waals surface area contributed by atoms with Crippen molar-refractivity contribution in [3.63, 3.8) is 0 Å². The number of hydrogen-bond acceptors (Lipinski definition) is 3. The Balaban J connectivity index is 1.93. The quantitative estimate of drug-likeness (QED) is 0.746. The van der Waals surface area contributed by atoms with Crippen molar-refractivity contribution < 1.29 is 4.74 Å². The number of benzene rings is 1. The van der Waals surface area contributed by atoms with E-state index in [0.717, 1.165) is 31.2 Å². The molecule has 1 aromatic carbocycles. The minimum atomic E-state index is 0.463. The highest BCUT2D eigenvalue weighted by molar-refractivity contribution is 6.00. The summed E-state index contributed by atoms with van der Waals surface area (Å²) in [4.78, 5) is 4.48. The van der Waals surface area contributed by atoms with Crippen molar-refractivity contribution in [2.45, 2.75) is 19.4 Å². The predicted octanol–water partition coefficient (Wildman–Crippen LogP) is 1.36. The molecule has 2 heterocycles. The number of nitrogens with zero attached hydrogens (tertiary/aromatic N) is 1. The van der Waals surface area contributed by atoms with E-state index < -0.39 is 0 Å². The molecular formula is C12H14N2O. The van der Waals surface area contributed by atoms with Gasteiger partial charge in [0.15, 0.2) is 0 Å². The van der Waals surface area contributed by atoms with E-state index in [-0.39, 0.29) is 0 Å². The first kappa shape index (κ1) is 8.77. The van der Waals surface area contributed by atoms with Crippen molar-refractivity contribution >= 4 is 5.84 Å². The highest BCUT2D eigenvalue weighted by atomic mass is 16.5. The molecule has 0 saturated heterocycles. The highest BCUT2D eigenvalue weighted by Gasteiger charge is 2.17. The summed E-state index contributed by atoms with van der Waals surface area (Å²) in [6, 6.07) is 6.77. The fourth-order valence-electron chi connectivity index (χ4n) is 2.06. The first-order chi connectivity index (χ1) is 7.33. The molecule has 0 aliphatic carbocycles. The third-order valence-corrected chi connectivity index (χ3v) is 2.87. The van der Waals surface area contributed by atoms with Crippen LogP contribution in [0.15, 0.2) is 23.2 Å². The third kappa shape index (κ3) is 1.48. The molecule has 1 N–H and O–H groups in total. The molecule has 15 heavy (non-hydrogen) atoms. The molecule has 0 fully saturated rings. The van der Waals surface area contributed by atoms with Gasteiger partial charge in [0, 0.05) is 18.0 Å². The average molecular weight is 202 g/mol. The van der Waals surface area contributed by atoms with Crippen molar-refractivity contribution in [3.05, 3.63) is 29.3 Å². The standard InChI is InChI=1S/C12H14N2O/c1-8-7-13-12(14-8)10-2-3-11-9(6-10)4-5-15-11/h2-3,6,8H,4-5,7H2,1H3,(H,13,14). The fraction of sp³-hybridized carbons (Fsp3) is 0.417. The van der Waals surface area contributed by atoms with Crippen LogP contribution in [0.2, 0.25) is 0 Å². The van der Waals surface area contributed by atoms with Gasteiger partial charge in [-0.3, -0.25) is 4.99 Å². The van der Waals surface area contributed by atoms with E-state index in [9.17, 15) is 0 Å². The van der Waals surface area contributed by atoms with Crippen LogP contribution >= 0.6 is 0 Å². The van der Waals surface area contributed by atoms with Crippen LogP contribution in [0.3, 0.4) is 0 Å². The van der Waals surface area contributed by atoms with E-state index in [4.69, 9.17) is 4.74 Å². The molecule has 1 aromatic rings. The molecule has 3 nitrogen and oxygen atoms in total. The molecule has 78 valence electrons. The van der Waals surface area contributed by atoms with Crippen LogP contribution in [0.4, 0.5) is 0 Å². The third-order valence-electron chi connectivity index (χ3n) is 2.87. The Labute approximate surface area is 89.2 Å². The summed E-state index contributed by atoms with van der Waals surface area (Å²) < 4.78 is 5.48. The molecule has 3 heteroatoms. The molecule has 3 rings (SSSR count). The molecule has 0 amide bonds. The van der Waals surface area contributed by atoms with Crippen LogP contribution in [0.5, 0.6) is 5.75 Å². The maximum atomic E-state index is 5.48. The summed E-state index contributed by atoms with van der Waals surface area (Å²) in [6.07, 6.45) is 1.02. The Morgan fingerprint density at radius 2 is 2.40 bits per heavy atom. The summed E-state index contributed by atoms with van der Waals surface area (Å²) in [7, 11) is 0. The molecule has 0 saturated carbocycles. The minimum Gasteiger partial charge on any atom is -0.493 e. The van der Waals surface area contributed by atoms with Gasteiger partial charge in [-0.1, -0.05) is 0 Å². The van der Waals surface area contributed by atoms with Crippen LogP contribution in [0.25, 0.3) is 0 Å². The Bertz CT molecular complexity index is 426. The zero-order valence-corrected chi connectivity index (χ0v) is 8.79. The van der Waals surface area contributed by atoms with Crippen molar-refractivity contribution in [1.82, 2.24) is 5.32 Å². The van der Waals surface area contributed by atoms with Gasteiger partial charge < -0.3 is 10.1 Å². The van der Waals surface area contributed by atoms with Crippen LogP contribution in [-0.4, -0.2) is 25.0 Å². The Kier molecular flexibility index (Phi) is 1.91. The smallest absolute Gasteiger partial charge is 0.128 e. The van der Waals surface area contributed by atoms with Gasteiger partial charge in [-0.25, -0.2) is 0 Å². The second-order valence-corrected chi connectivity index (χ2v) is 4.16. The lowest BCUT2D eigenvalue weighted by molar-refractivity contribution is 0.357. The Morgan fingerprint density at radius 3 is 3.20 bits per heavy atom. The number of nitrogens with one attached hydrogen (secondary N) is 1. The topological polar surface area (TPSA) is 33.6 Å². The van der Waals surface area contributed by atoms with Gasteiger partial charge in [-0.05, 0) is 30.7 Å². The largest absolute Gasteiger partial charge is 0.493 e. The number of amidine groups is 1. The normalized spacial score (nSPS) is 23.0. The predicted molar refractivity (Wildman–Crippen MR) is 59.6 cm³/mol. The Hall–Kier alpha value is -1.51. The lowest BCUT2D eigenvalue weighted by Crippen LogP contribution is -2.27. The Morgan fingerprint density at radius 1 is 1.47 bits per heavy atom. The average Bonchev–Trinajstić information content (AvgIpc) is 2.84. The summed E-state index contributed by atoms with van der Waals surface area (Å²) in [5.74, 6) is 2.06. The van der Waals surface area contributed by atoms with Gasteiger partial charge in [-0.15, -0.1) is 0 Å². The molecule has 2 aliphatic rings. The highest BCUT2D eigenvalue weighted by Crippen LogP contribution is 2.26. The van der Waals surface area contributed by atoms with E-state index in [0.29, 0.717) is 6.04 Å². The minimum absolute atomic E-state index is 0.463. The van der Waals surface area contributed by atoms with Crippen LogP contribution in [-0.2, 0) is 6.42 Å². The van der Waals surface area contributed by atoms with Gasteiger partial charge in [-0.2, -0.15) is 0 Å². The second-order valence-electron chi connectivity index (χ2n) is 4.16. The van der Waals surface area contributed by atoms with Gasteiger partial charge in [0.05, 0.1) is 13.2 Å². The number of ether oxygens (including phenoxy) is 1. The van der Waals surface area contributed by atoms with E-state index in [2.05, 4.69) is 29.4 Å². The molecule has 0 bridgehead atoms. The number of fused-ring (bicyclic) bond motifs is 1. The molecule has 0 radical (unpaired) electrons. The first-order valence-electron chi connectivity index (χ1n) is 5.40. The van der Waals surface area contributed by atoms with E-state index in [1.807, 2.05) is 6.07 Å². The maximum Gasteiger partial charge on any atom is 0.128 e. The zero-order chi connectivity index (χ0) is 10.3. The second kappa shape index (κ2) is 3.26. The van der Waals surface area contributed by atoms with Crippen LogP contribution in [0, 0.1) is 0 Å². The molecule has 0 aromatic heterocycles. The first-order valence-corrected chi connectivity index (χ1v) is 5.40. The van der Waals surface area contributed by atoms with Crippen molar-refractivity contribution in [1.29, 1.82) is 0 Å². The number of rotatable bonds is 1. The van der Waals surface area contributed by atoms with Gasteiger partial charge in [0.2, 0.25) is 0 Å². The number of hydrogen-bond donors (Lipinski definition) is 1. The van der Waals surface area contributed by atoms with Gasteiger partial charge in [0.25, 0.3) is 0 Å². The van der Waals surface area contributed by atoms with Gasteiger partial charge in [0.1, 0.15) is 11.6 Å². The van der Waals surface area contributed by atoms with E-state index in [1.165, 1.54) is 11.1 Å². The van der Waals surface area contributed by atoms with Crippen molar-refractivity contribution in [3.8, 4) is 5.75 Å². The van der Waals surface area contributed by atoms with E-state index in [1.54, 1.807) is 0 Å². The number of aliphatic imine (C=N–C) groups is 1. The van der Waals surface area contributed by atoms with Crippen molar-refractivity contribution in [2.75, 3.05) is 13.2 Å². The van der Waals surface area contributed by atoms with Gasteiger partial charge >= 0.3 is 0 Å². The molecule has 2 aliphatic heterocycles. The summed E-state index contributed by atoms with van der Waals surface area (Å²) in [6.45, 7) is 3.84. The fourth-order valence-corrected chi connectivity index (χ4v) is 2.06. The maximum absolute atomic E-state index is 5.48. The van der Waals surface area contributed by atoms with Crippen LogP contribution < -0.4 is 10.1 Å². The lowest BCUT2D eigenvalue weighted by atomic mass is 10.1. The van der Waals surface area contributed by atoms with Crippen molar-refractivity contribution in [2.24, 2.45) is 4.99 Å². The SMILES string of the molecule is CC1CN=C(c2ccc3c(c2)CCO3)N1. The summed E-state index contributed by atoms with van der Waals surface area (Å²) in [5.41, 5.74) is 2.49. The van der Waals surface area contributed by atoms with E-state index >= 15 is 0 Å². The monoisotopic (exact) mass is 202 g/mol. The summed E-state index contributed by atoms with van der Waals surface area (Å²) in [5, 5.41) is 3.37. The molecule has 1 unspecified atom stereocenters. The molecule has 0 spiro atoms. The van der Waals surface area contributed by atoms with Crippen LogP contribution in [0.1, 0.15) is 18.1 Å². The molecular weight excluding hydrogens is 188 g/mol. The summed E-state index contributed by atoms with van der Waals surface area (Å²) >= 11 is 0. The molecule has 1 atom stereocenters. The zero-order valence-electron chi connectivity index (χ0n) is 8.79. The lowest BCUT2D eigenvalue weighted by Gasteiger charge is -2.07.